The standard InChI is InChI=1S/C27H33N5O2S/c1-5-8-17-35-27-30-26-28-18(4)23(25(33)29-21-11-9-10-12-22(21)34-7-3)24(32(26)31-27)20-15-13-19(6-2)14-16-20/h9-16,24H,5-8,17H2,1-4H3,(H,29,33)(H,28,30,31). The van der Waals surface area contributed by atoms with Crippen molar-refractivity contribution >= 4 is 29.3 Å². The van der Waals surface area contributed by atoms with Crippen molar-refractivity contribution < 1.29 is 9.53 Å². The molecule has 1 atom stereocenters. The number of carbonyl (C=O) groups excluding carboxylic acids is 1. The van der Waals surface area contributed by atoms with Gasteiger partial charge >= 0.3 is 0 Å². The van der Waals surface area contributed by atoms with Gasteiger partial charge in [-0.15, -0.1) is 5.10 Å². The maximum atomic E-state index is 13.7. The number of amides is 1. The van der Waals surface area contributed by atoms with E-state index in [2.05, 4.69) is 48.7 Å². The van der Waals surface area contributed by atoms with Gasteiger partial charge in [-0.2, -0.15) is 4.98 Å². The fourth-order valence-electron chi connectivity index (χ4n) is 4.08. The van der Waals surface area contributed by atoms with Crippen LogP contribution in [0.2, 0.25) is 0 Å². The normalized spacial score (nSPS) is 14.9. The van der Waals surface area contributed by atoms with Gasteiger partial charge in [0.25, 0.3) is 5.91 Å². The molecule has 0 saturated heterocycles. The highest BCUT2D eigenvalue weighted by Crippen LogP contribution is 2.37. The van der Waals surface area contributed by atoms with E-state index in [0.717, 1.165) is 36.3 Å². The minimum absolute atomic E-state index is 0.201. The number of unbranched alkanes of at least 4 members (excludes halogenated alkanes) is 1. The predicted octanol–water partition coefficient (Wildman–Crippen LogP) is 6.06. The lowest BCUT2D eigenvalue weighted by Crippen LogP contribution is -2.31. The van der Waals surface area contributed by atoms with E-state index in [0.29, 0.717) is 34.7 Å². The third-order valence-electron chi connectivity index (χ3n) is 5.95. The van der Waals surface area contributed by atoms with E-state index in [1.54, 1.807) is 11.8 Å². The molecule has 1 amide bonds. The van der Waals surface area contributed by atoms with Crippen LogP contribution in [0.3, 0.4) is 0 Å². The third-order valence-corrected chi connectivity index (χ3v) is 6.87. The molecule has 0 radical (unpaired) electrons. The van der Waals surface area contributed by atoms with E-state index >= 15 is 0 Å². The van der Waals surface area contributed by atoms with Crippen LogP contribution < -0.4 is 15.4 Å². The van der Waals surface area contributed by atoms with Crippen LogP contribution in [-0.4, -0.2) is 33.0 Å². The summed E-state index contributed by atoms with van der Waals surface area (Å²) in [6.07, 6.45) is 3.18. The van der Waals surface area contributed by atoms with Crippen LogP contribution in [0, 0.1) is 0 Å². The van der Waals surface area contributed by atoms with Crippen molar-refractivity contribution in [3.05, 3.63) is 70.9 Å². The molecule has 2 N–H and O–H groups in total. The van der Waals surface area contributed by atoms with Crippen LogP contribution in [0.1, 0.15) is 57.7 Å². The monoisotopic (exact) mass is 491 g/mol. The largest absolute Gasteiger partial charge is 0.492 e. The van der Waals surface area contributed by atoms with Crippen molar-refractivity contribution in [1.29, 1.82) is 0 Å². The Hall–Kier alpha value is -3.26. The number of fused-ring (bicyclic) bond motifs is 1. The number of aromatic nitrogens is 3. The van der Waals surface area contributed by atoms with Gasteiger partial charge in [0.15, 0.2) is 0 Å². The number of thioether (sulfide) groups is 1. The molecule has 2 aromatic carbocycles. The summed E-state index contributed by atoms with van der Waals surface area (Å²) in [4.78, 5) is 18.5. The van der Waals surface area contributed by atoms with Crippen LogP contribution in [0.15, 0.2) is 65.0 Å². The first kappa shape index (κ1) is 24.9. The Kier molecular flexibility index (Phi) is 8.13. The summed E-state index contributed by atoms with van der Waals surface area (Å²) in [6.45, 7) is 8.66. The SMILES string of the molecule is CCCCSc1nc2n(n1)C(c1ccc(CC)cc1)C(C(=O)Nc1ccccc1OCC)=C(C)N2. The van der Waals surface area contributed by atoms with Crippen LogP contribution in [-0.2, 0) is 11.2 Å². The number of rotatable bonds is 10. The molecule has 0 aliphatic carbocycles. The topological polar surface area (TPSA) is 81.1 Å². The molecular weight excluding hydrogens is 458 g/mol. The van der Waals surface area contributed by atoms with Gasteiger partial charge in [-0.25, -0.2) is 4.68 Å². The minimum atomic E-state index is -0.399. The fourth-order valence-corrected chi connectivity index (χ4v) is 4.99. The summed E-state index contributed by atoms with van der Waals surface area (Å²) in [6, 6.07) is 15.5. The Bertz CT molecular complexity index is 1200. The summed E-state index contributed by atoms with van der Waals surface area (Å²) in [7, 11) is 0. The van der Waals surface area contributed by atoms with Gasteiger partial charge in [0.2, 0.25) is 11.1 Å². The number of anilines is 2. The van der Waals surface area contributed by atoms with Crippen LogP contribution in [0.4, 0.5) is 11.6 Å². The molecule has 3 aromatic rings. The first-order valence-electron chi connectivity index (χ1n) is 12.2. The molecule has 1 aliphatic heterocycles. The van der Waals surface area contributed by atoms with Crippen molar-refractivity contribution in [2.75, 3.05) is 23.0 Å². The number of allylic oxidation sites excluding steroid dienone is 1. The smallest absolute Gasteiger partial charge is 0.255 e. The number of carbonyl (C=O) groups is 1. The summed E-state index contributed by atoms with van der Waals surface area (Å²) >= 11 is 1.64. The Labute approximate surface area is 211 Å². The maximum Gasteiger partial charge on any atom is 0.255 e. The molecule has 184 valence electrons. The molecule has 7 nitrogen and oxygen atoms in total. The number of para-hydroxylation sites is 2. The zero-order valence-corrected chi connectivity index (χ0v) is 21.6. The van der Waals surface area contributed by atoms with Crippen molar-refractivity contribution in [2.45, 2.75) is 58.2 Å². The van der Waals surface area contributed by atoms with Crippen molar-refractivity contribution in [2.24, 2.45) is 0 Å². The van der Waals surface area contributed by atoms with Gasteiger partial charge in [-0.1, -0.05) is 68.4 Å². The summed E-state index contributed by atoms with van der Waals surface area (Å²) in [5, 5.41) is 11.9. The maximum absolute atomic E-state index is 13.7. The van der Waals surface area contributed by atoms with Gasteiger partial charge in [-0.3, -0.25) is 4.79 Å². The molecule has 8 heteroatoms. The van der Waals surface area contributed by atoms with Gasteiger partial charge in [-0.05, 0) is 49.9 Å². The second-order valence-electron chi connectivity index (χ2n) is 8.41. The van der Waals surface area contributed by atoms with Gasteiger partial charge < -0.3 is 15.4 Å². The fraction of sp³-hybridized carbons (Fsp3) is 0.370. The number of ether oxygens (including phenoxy) is 1. The predicted molar refractivity (Wildman–Crippen MR) is 142 cm³/mol. The van der Waals surface area contributed by atoms with Crippen molar-refractivity contribution in [3.63, 3.8) is 0 Å². The van der Waals surface area contributed by atoms with E-state index in [-0.39, 0.29) is 5.91 Å². The molecule has 0 bridgehead atoms. The molecule has 35 heavy (non-hydrogen) atoms. The van der Waals surface area contributed by atoms with E-state index in [1.165, 1.54) is 5.56 Å². The minimum Gasteiger partial charge on any atom is -0.492 e. The molecule has 1 aliphatic rings. The second-order valence-corrected chi connectivity index (χ2v) is 9.47. The van der Waals surface area contributed by atoms with Crippen molar-refractivity contribution in [3.8, 4) is 5.75 Å². The first-order valence-corrected chi connectivity index (χ1v) is 13.2. The Morgan fingerprint density at radius 3 is 2.63 bits per heavy atom. The highest BCUT2D eigenvalue weighted by molar-refractivity contribution is 7.99. The highest BCUT2D eigenvalue weighted by Gasteiger charge is 2.34. The molecule has 4 rings (SSSR count). The number of hydrogen-bond donors (Lipinski definition) is 2. The van der Waals surface area contributed by atoms with Crippen molar-refractivity contribution in [1.82, 2.24) is 14.8 Å². The summed E-state index contributed by atoms with van der Waals surface area (Å²) < 4.78 is 7.56. The number of benzene rings is 2. The third kappa shape index (κ3) is 5.53. The quantitative estimate of drug-likeness (QED) is 0.265. The summed E-state index contributed by atoms with van der Waals surface area (Å²) in [5.74, 6) is 2.06. The van der Waals surface area contributed by atoms with Gasteiger partial charge in [0.1, 0.15) is 11.8 Å². The zero-order chi connectivity index (χ0) is 24.8. The molecule has 1 aromatic heterocycles. The highest BCUT2D eigenvalue weighted by atomic mass is 32.2. The number of nitrogens with zero attached hydrogens (tertiary/aromatic N) is 3. The van der Waals surface area contributed by atoms with Crippen LogP contribution in [0.5, 0.6) is 5.75 Å². The Balaban J connectivity index is 1.72. The first-order chi connectivity index (χ1) is 17.0. The lowest BCUT2D eigenvalue weighted by atomic mass is 9.94. The molecule has 0 saturated carbocycles. The second kappa shape index (κ2) is 11.4. The molecule has 0 spiro atoms. The van der Waals surface area contributed by atoms with Crippen LogP contribution in [0.25, 0.3) is 0 Å². The Morgan fingerprint density at radius 1 is 1.14 bits per heavy atom. The molecule has 1 unspecified atom stereocenters. The van der Waals surface area contributed by atoms with E-state index in [1.807, 2.05) is 42.8 Å². The summed E-state index contributed by atoms with van der Waals surface area (Å²) in [5.41, 5.74) is 4.23. The number of nitrogens with one attached hydrogen (secondary N) is 2. The van der Waals surface area contributed by atoms with E-state index < -0.39 is 6.04 Å². The van der Waals surface area contributed by atoms with Gasteiger partial charge in [0.05, 0.1) is 17.9 Å². The number of hydrogen-bond acceptors (Lipinski definition) is 6. The average Bonchev–Trinajstić information content (AvgIpc) is 3.27. The lowest BCUT2D eigenvalue weighted by molar-refractivity contribution is -0.113. The van der Waals surface area contributed by atoms with E-state index in [9.17, 15) is 4.79 Å². The van der Waals surface area contributed by atoms with Crippen LogP contribution >= 0.6 is 11.8 Å². The van der Waals surface area contributed by atoms with E-state index in [4.69, 9.17) is 14.8 Å². The molecule has 2 heterocycles. The zero-order valence-electron chi connectivity index (χ0n) is 20.8. The number of aryl methyl sites for hydroxylation is 1. The van der Waals surface area contributed by atoms with Gasteiger partial charge in [0, 0.05) is 11.4 Å². The average molecular weight is 492 g/mol. The molecular formula is C27H33N5O2S. The molecule has 0 fully saturated rings. The Morgan fingerprint density at radius 2 is 1.91 bits per heavy atom. The lowest BCUT2D eigenvalue weighted by Gasteiger charge is -2.29.